The van der Waals surface area contributed by atoms with Crippen LogP contribution in [0.1, 0.15) is 32.6 Å². The summed E-state index contributed by atoms with van der Waals surface area (Å²) in [7, 11) is -3.13. The zero-order valence-corrected chi connectivity index (χ0v) is 8.94. The van der Waals surface area contributed by atoms with Gasteiger partial charge in [-0.1, -0.05) is 19.8 Å². The third kappa shape index (κ3) is 8.21. The van der Waals surface area contributed by atoms with Gasteiger partial charge in [0.05, 0.1) is 5.75 Å². The van der Waals surface area contributed by atoms with Crippen LogP contribution < -0.4 is 4.72 Å². The van der Waals surface area contributed by atoms with Gasteiger partial charge in [-0.25, -0.2) is 13.1 Å². The topological polar surface area (TPSA) is 66.4 Å². The van der Waals surface area contributed by atoms with E-state index in [4.69, 9.17) is 5.11 Å². The highest BCUT2D eigenvalue weighted by Crippen LogP contribution is 1.94. The summed E-state index contributed by atoms with van der Waals surface area (Å²) in [5.41, 5.74) is 0. The highest BCUT2D eigenvalue weighted by atomic mass is 32.2. The van der Waals surface area contributed by atoms with Crippen molar-refractivity contribution in [2.45, 2.75) is 32.6 Å². The van der Waals surface area contributed by atoms with Crippen LogP contribution in [0, 0.1) is 0 Å². The molecule has 2 N–H and O–H groups in total. The van der Waals surface area contributed by atoms with E-state index in [1.54, 1.807) is 0 Å². The van der Waals surface area contributed by atoms with Crippen molar-refractivity contribution < 1.29 is 13.5 Å². The Morgan fingerprint density at radius 2 is 1.92 bits per heavy atom. The van der Waals surface area contributed by atoms with Crippen LogP contribution >= 0.6 is 0 Å². The molecule has 0 aromatic heterocycles. The third-order valence-electron chi connectivity index (χ3n) is 1.67. The lowest BCUT2D eigenvalue weighted by molar-refractivity contribution is 0.295. The molecule has 0 aliphatic carbocycles. The lowest BCUT2D eigenvalue weighted by Gasteiger charge is -2.04. The molecule has 0 radical (unpaired) electrons. The Bertz CT molecular complexity index is 201. The van der Waals surface area contributed by atoms with Crippen LogP contribution in [-0.2, 0) is 10.0 Å². The predicted octanol–water partition coefficient (Wildman–Crippen LogP) is 0.478. The summed E-state index contributed by atoms with van der Waals surface area (Å²) in [6, 6.07) is 0. The summed E-state index contributed by atoms with van der Waals surface area (Å²) >= 11 is 0. The van der Waals surface area contributed by atoms with Crippen LogP contribution in [0.4, 0.5) is 0 Å². The monoisotopic (exact) mass is 209 g/mol. The first kappa shape index (κ1) is 12.9. The smallest absolute Gasteiger partial charge is 0.211 e. The average Bonchev–Trinajstić information content (AvgIpc) is 2.09. The maximum atomic E-state index is 11.1. The fourth-order valence-corrected chi connectivity index (χ4v) is 2.04. The molecule has 0 atom stereocenters. The van der Waals surface area contributed by atoms with E-state index >= 15 is 0 Å². The summed E-state index contributed by atoms with van der Waals surface area (Å²) in [5.74, 6) is 0.0234. The quantitative estimate of drug-likeness (QED) is 0.571. The largest absolute Gasteiger partial charge is 0.396 e. The molecule has 0 amide bonds. The van der Waals surface area contributed by atoms with E-state index in [9.17, 15) is 8.42 Å². The maximum absolute atomic E-state index is 11.1. The van der Waals surface area contributed by atoms with Gasteiger partial charge < -0.3 is 5.11 Å². The molecular formula is C8H19NO3S. The molecule has 0 rings (SSSR count). The van der Waals surface area contributed by atoms with Gasteiger partial charge in [0.1, 0.15) is 0 Å². The van der Waals surface area contributed by atoms with E-state index in [0.717, 1.165) is 19.3 Å². The van der Waals surface area contributed by atoms with E-state index in [1.165, 1.54) is 0 Å². The molecule has 0 saturated carbocycles. The van der Waals surface area contributed by atoms with Crippen molar-refractivity contribution in [2.24, 2.45) is 0 Å². The van der Waals surface area contributed by atoms with Gasteiger partial charge in [0.25, 0.3) is 0 Å². The highest BCUT2D eigenvalue weighted by Gasteiger charge is 2.07. The van der Waals surface area contributed by atoms with Crippen molar-refractivity contribution in [2.75, 3.05) is 18.9 Å². The van der Waals surface area contributed by atoms with E-state index in [1.807, 2.05) is 0 Å². The van der Waals surface area contributed by atoms with Crippen molar-refractivity contribution in [3.63, 3.8) is 0 Å². The van der Waals surface area contributed by atoms with Crippen molar-refractivity contribution in [1.29, 1.82) is 0 Å². The molecular weight excluding hydrogens is 190 g/mol. The average molecular weight is 209 g/mol. The Hall–Kier alpha value is -0.130. The fraction of sp³-hybridized carbons (Fsp3) is 1.00. The number of rotatable bonds is 8. The third-order valence-corrected chi connectivity index (χ3v) is 3.14. The van der Waals surface area contributed by atoms with Crippen LogP contribution in [0.25, 0.3) is 0 Å². The minimum Gasteiger partial charge on any atom is -0.396 e. The number of hydrogen-bond donors (Lipinski definition) is 2. The van der Waals surface area contributed by atoms with Gasteiger partial charge in [-0.2, -0.15) is 0 Å². The SMILES string of the molecule is CCCCCNS(=O)(=O)CCCO. The predicted molar refractivity (Wildman–Crippen MR) is 53.0 cm³/mol. The molecule has 0 saturated heterocycles. The van der Waals surface area contributed by atoms with Gasteiger partial charge in [0.2, 0.25) is 10.0 Å². The molecule has 0 aliphatic heterocycles. The summed E-state index contributed by atoms with van der Waals surface area (Å²) in [6.07, 6.45) is 3.32. The number of hydrogen-bond acceptors (Lipinski definition) is 3. The van der Waals surface area contributed by atoms with E-state index in [0.29, 0.717) is 13.0 Å². The summed E-state index contributed by atoms with van der Waals surface area (Å²) in [4.78, 5) is 0. The van der Waals surface area contributed by atoms with E-state index < -0.39 is 10.0 Å². The lowest BCUT2D eigenvalue weighted by atomic mass is 10.3. The molecule has 0 heterocycles. The Labute approximate surface area is 80.4 Å². The minimum absolute atomic E-state index is 0.0234. The first-order valence-corrected chi connectivity index (χ1v) is 6.36. The van der Waals surface area contributed by atoms with Crippen LogP contribution in [-0.4, -0.2) is 32.4 Å². The molecule has 80 valence electrons. The van der Waals surface area contributed by atoms with Crippen LogP contribution in [0.15, 0.2) is 0 Å². The first-order valence-electron chi connectivity index (χ1n) is 4.70. The summed E-state index contributed by atoms with van der Waals surface area (Å²) in [6.45, 7) is 2.51. The van der Waals surface area contributed by atoms with Crippen molar-refractivity contribution in [3.05, 3.63) is 0 Å². The van der Waals surface area contributed by atoms with Crippen molar-refractivity contribution in [3.8, 4) is 0 Å². The van der Waals surface area contributed by atoms with Gasteiger partial charge >= 0.3 is 0 Å². The van der Waals surface area contributed by atoms with E-state index in [2.05, 4.69) is 11.6 Å². The van der Waals surface area contributed by atoms with Gasteiger partial charge in [-0.15, -0.1) is 0 Å². The Kier molecular flexibility index (Phi) is 7.22. The van der Waals surface area contributed by atoms with Crippen LogP contribution in [0.5, 0.6) is 0 Å². The van der Waals surface area contributed by atoms with Crippen LogP contribution in [0.3, 0.4) is 0 Å². The molecule has 0 aromatic carbocycles. The Balaban J connectivity index is 3.52. The van der Waals surface area contributed by atoms with Gasteiger partial charge in [0, 0.05) is 13.2 Å². The summed E-state index contributed by atoms with van der Waals surface area (Å²) in [5, 5.41) is 8.45. The van der Waals surface area contributed by atoms with Gasteiger partial charge in [-0.05, 0) is 12.8 Å². The van der Waals surface area contributed by atoms with Gasteiger partial charge in [0.15, 0.2) is 0 Å². The van der Waals surface area contributed by atoms with E-state index in [-0.39, 0.29) is 12.4 Å². The summed E-state index contributed by atoms with van der Waals surface area (Å²) < 4.78 is 24.8. The number of nitrogens with one attached hydrogen (secondary N) is 1. The minimum atomic E-state index is -3.13. The first-order chi connectivity index (χ1) is 6.12. The zero-order chi connectivity index (χ0) is 10.2. The number of aliphatic hydroxyl groups excluding tert-OH is 1. The van der Waals surface area contributed by atoms with Gasteiger partial charge in [-0.3, -0.25) is 0 Å². The Morgan fingerprint density at radius 1 is 1.23 bits per heavy atom. The van der Waals surface area contributed by atoms with Crippen molar-refractivity contribution in [1.82, 2.24) is 4.72 Å². The normalized spacial score (nSPS) is 11.8. The highest BCUT2D eigenvalue weighted by molar-refractivity contribution is 7.89. The molecule has 13 heavy (non-hydrogen) atoms. The molecule has 4 nitrogen and oxygen atoms in total. The fourth-order valence-electron chi connectivity index (χ4n) is 0.929. The lowest BCUT2D eigenvalue weighted by Crippen LogP contribution is -2.27. The molecule has 5 heteroatoms. The number of aliphatic hydroxyl groups is 1. The van der Waals surface area contributed by atoms with Crippen LogP contribution in [0.2, 0.25) is 0 Å². The number of sulfonamides is 1. The molecule has 0 aliphatic rings. The Morgan fingerprint density at radius 3 is 2.46 bits per heavy atom. The molecule has 0 spiro atoms. The zero-order valence-electron chi connectivity index (χ0n) is 8.12. The number of unbranched alkanes of at least 4 members (excludes halogenated alkanes) is 2. The molecule has 0 fully saturated rings. The molecule has 0 bridgehead atoms. The molecule has 0 unspecified atom stereocenters. The second kappa shape index (κ2) is 7.29. The molecule has 0 aromatic rings. The second-order valence-electron chi connectivity index (χ2n) is 3.00. The van der Waals surface area contributed by atoms with Crippen molar-refractivity contribution >= 4 is 10.0 Å². The maximum Gasteiger partial charge on any atom is 0.211 e. The standard InChI is InChI=1S/C8H19NO3S/c1-2-3-4-6-9-13(11,12)8-5-7-10/h9-10H,2-8H2,1H3. The second-order valence-corrected chi connectivity index (χ2v) is 4.92.